The number of thiophene rings is 1. The monoisotopic (exact) mass is 570 g/mol. The van der Waals surface area contributed by atoms with E-state index in [0.29, 0.717) is 32.1 Å². The Balaban J connectivity index is 2.04. The SMILES string of the molecule is CCO[C@@H](Cn1c(=O)n(C(C)(C)C(=O)CC(C)C)c(=O)c2c(C)c(-n3cccn3)sc21)c1cc(F)ccc1OC. The first-order chi connectivity index (χ1) is 18.9. The van der Waals surface area contributed by atoms with E-state index >= 15 is 0 Å². The molecule has 0 saturated heterocycles. The third-order valence-corrected chi connectivity index (χ3v) is 8.29. The Morgan fingerprint density at radius 3 is 2.55 bits per heavy atom. The number of Topliss-reactive ketones (excluding diaryl/α,β-unsaturated/α-hetero) is 1. The van der Waals surface area contributed by atoms with Crippen LogP contribution in [-0.4, -0.2) is 38.4 Å². The Bertz CT molecular complexity index is 1650. The third kappa shape index (κ3) is 5.27. The number of ether oxygens (including phenoxy) is 2. The molecular weight excluding hydrogens is 535 g/mol. The van der Waals surface area contributed by atoms with Gasteiger partial charge < -0.3 is 9.47 Å². The molecule has 40 heavy (non-hydrogen) atoms. The number of fused-ring (bicyclic) bond motifs is 1. The molecule has 0 bridgehead atoms. The van der Waals surface area contributed by atoms with Crippen LogP contribution in [0.2, 0.25) is 0 Å². The number of rotatable bonds is 11. The number of halogens is 1. The highest BCUT2D eigenvalue weighted by molar-refractivity contribution is 7.21. The minimum atomic E-state index is -1.41. The summed E-state index contributed by atoms with van der Waals surface area (Å²) in [6, 6.07) is 5.89. The lowest BCUT2D eigenvalue weighted by atomic mass is 9.91. The lowest BCUT2D eigenvalue weighted by Gasteiger charge is -2.28. The predicted molar refractivity (Wildman–Crippen MR) is 153 cm³/mol. The van der Waals surface area contributed by atoms with Gasteiger partial charge in [0.25, 0.3) is 5.56 Å². The number of hydrogen-bond acceptors (Lipinski definition) is 7. The second kappa shape index (κ2) is 11.5. The van der Waals surface area contributed by atoms with Gasteiger partial charge in [-0.25, -0.2) is 18.4 Å². The maximum atomic E-state index is 14.4. The molecule has 0 unspecified atom stereocenters. The molecule has 0 aliphatic heterocycles. The van der Waals surface area contributed by atoms with Gasteiger partial charge in [-0.05, 0) is 57.9 Å². The number of nitrogens with zero attached hydrogens (tertiary/aromatic N) is 4. The van der Waals surface area contributed by atoms with Gasteiger partial charge in [0.05, 0.1) is 19.0 Å². The van der Waals surface area contributed by atoms with Crippen LogP contribution < -0.4 is 16.0 Å². The largest absolute Gasteiger partial charge is 0.496 e. The lowest BCUT2D eigenvalue weighted by Crippen LogP contribution is -2.53. The number of carbonyl (C=O) groups is 1. The molecule has 214 valence electrons. The Labute approximate surface area is 235 Å². The van der Waals surface area contributed by atoms with Crippen LogP contribution >= 0.6 is 11.3 Å². The Kier molecular flexibility index (Phi) is 8.46. The Hall–Kier alpha value is -3.57. The van der Waals surface area contributed by atoms with Gasteiger partial charge in [0.1, 0.15) is 33.0 Å². The molecule has 3 aromatic heterocycles. The van der Waals surface area contributed by atoms with Gasteiger partial charge in [-0.1, -0.05) is 25.2 Å². The topological polar surface area (TPSA) is 97.3 Å². The van der Waals surface area contributed by atoms with Crippen LogP contribution in [-0.2, 0) is 21.6 Å². The zero-order chi connectivity index (χ0) is 29.4. The van der Waals surface area contributed by atoms with Crippen LogP contribution in [0.25, 0.3) is 15.2 Å². The molecule has 0 aliphatic rings. The van der Waals surface area contributed by atoms with Crippen LogP contribution in [0.15, 0.2) is 46.2 Å². The second-order valence-electron chi connectivity index (χ2n) is 10.6. The highest BCUT2D eigenvalue weighted by atomic mass is 32.1. The summed E-state index contributed by atoms with van der Waals surface area (Å²) in [7, 11) is 1.48. The highest BCUT2D eigenvalue weighted by Crippen LogP contribution is 2.34. The van der Waals surface area contributed by atoms with E-state index in [0.717, 1.165) is 4.57 Å². The molecule has 0 amide bonds. The van der Waals surface area contributed by atoms with E-state index < -0.39 is 28.7 Å². The number of methoxy groups -OCH3 is 1. The second-order valence-corrected chi connectivity index (χ2v) is 11.6. The molecule has 3 heterocycles. The van der Waals surface area contributed by atoms with Gasteiger partial charge in [-0.2, -0.15) is 5.10 Å². The number of hydrogen-bond donors (Lipinski definition) is 0. The first-order valence-electron chi connectivity index (χ1n) is 13.2. The summed E-state index contributed by atoms with van der Waals surface area (Å²) in [5.74, 6) is -0.243. The summed E-state index contributed by atoms with van der Waals surface area (Å²) in [4.78, 5) is 42.1. The number of aryl methyl sites for hydroxylation is 1. The first kappa shape index (κ1) is 29.4. The number of aromatic nitrogens is 4. The minimum absolute atomic E-state index is 0.0454. The van der Waals surface area contributed by atoms with Crippen molar-refractivity contribution < 1.29 is 18.7 Å². The van der Waals surface area contributed by atoms with E-state index in [1.807, 2.05) is 13.8 Å². The molecule has 0 fully saturated rings. The first-order valence-corrected chi connectivity index (χ1v) is 14.0. The lowest BCUT2D eigenvalue weighted by molar-refractivity contribution is -0.127. The van der Waals surface area contributed by atoms with Crippen LogP contribution in [0, 0.1) is 18.7 Å². The molecule has 0 aliphatic carbocycles. The number of ketones is 1. The summed E-state index contributed by atoms with van der Waals surface area (Å²) in [5, 5.41) is 5.31. The van der Waals surface area contributed by atoms with Crippen LogP contribution in [0.4, 0.5) is 4.39 Å². The molecule has 0 radical (unpaired) electrons. The maximum Gasteiger partial charge on any atom is 0.333 e. The molecule has 1 aromatic carbocycles. The van der Waals surface area contributed by atoms with Gasteiger partial charge >= 0.3 is 5.69 Å². The van der Waals surface area contributed by atoms with Crippen molar-refractivity contribution >= 4 is 27.3 Å². The fourth-order valence-electron chi connectivity index (χ4n) is 4.91. The molecule has 0 saturated carbocycles. The summed E-state index contributed by atoms with van der Waals surface area (Å²) in [6.07, 6.45) is 2.81. The number of carbonyl (C=O) groups excluding carboxylic acids is 1. The maximum absolute atomic E-state index is 14.4. The van der Waals surface area contributed by atoms with E-state index in [9.17, 15) is 18.8 Å². The van der Waals surface area contributed by atoms with Crippen LogP contribution in [0.1, 0.15) is 58.3 Å². The zero-order valence-electron chi connectivity index (χ0n) is 23.9. The molecule has 0 spiro atoms. The normalized spacial score (nSPS) is 12.8. The summed E-state index contributed by atoms with van der Waals surface area (Å²) in [6.45, 7) is 10.9. The number of benzene rings is 1. The molecule has 1 atom stereocenters. The van der Waals surface area contributed by atoms with Crippen LogP contribution in [0.5, 0.6) is 5.75 Å². The van der Waals surface area contributed by atoms with Gasteiger partial charge in [-0.15, -0.1) is 0 Å². The van der Waals surface area contributed by atoms with E-state index in [1.54, 1.807) is 50.8 Å². The van der Waals surface area contributed by atoms with Crippen molar-refractivity contribution in [3.63, 3.8) is 0 Å². The van der Waals surface area contributed by atoms with Gasteiger partial charge in [0.2, 0.25) is 0 Å². The van der Waals surface area contributed by atoms with Crippen molar-refractivity contribution in [2.24, 2.45) is 5.92 Å². The van der Waals surface area contributed by atoms with Gasteiger partial charge in [-0.3, -0.25) is 14.2 Å². The van der Waals surface area contributed by atoms with Gasteiger partial charge in [0, 0.05) is 36.5 Å². The van der Waals surface area contributed by atoms with Crippen molar-refractivity contribution in [3.8, 4) is 10.8 Å². The van der Waals surface area contributed by atoms with E-state index in [2.05, 4.69) is 5.10 Å². The van der Waals surface area contributed by atoms with Crippen molar-refractivity contribution in [1.82, 2.24) is 18.9 Å². The summed E-state index contributed by atoms with van der Waals surface area (Å²) < 4.78 is 30.0. The Morgan fingerprint density at radius 1 is 1.23 bits per heavy atom. The smallest absolute Gasteiger partial charge is 0.333 e. The third-order valence-electron chi connectivity index (χ3n) is 6.99. The predicted octanol–water partition coefficient (Wildman–Crippen LogP) is 4.99. The van der Waals surface area contributed by atoms with E-state index in [1.165, 1.54) is 41.2 Å². The molecule has 0 N–H and O–H groups in total. The molecule has 11 heteroatoms. The fraction of sp³-hybridized carbons (Fsp3) is 0.448. The quantitative estimate of drug-likeness (QED) is 0.252. The molecule has 4 rings (SSSR count). The Morgan fingerprint density at radius 2 is 1.95 bits per heavy atom. The molecule has 4 aromatic rings. The molecule has 9 nitrogen and oxygen atoms in total. The average Bonchev–Trinajstić information content (AvgIpc) is 3.53. The minimum Gasteiger partial charge on any atom is -0.496 e. The van der Waals surface area contributed by atoms with Crippen molar-refractivity contribution in [2.45, 2.75) is 66.2 Å². The van der Waals surface area contributed by atoms with Crippen molar-refractivity contribution in [2.75, 3.05) is 13.7 Å². The van der Waals surface area contributed by atoms with Crippen molar-refractivity contribution in [1.29, 1.82) is 0 Å². The highest BCUT2D eigenvalue weighted by Gasteiger charge is 2.36. The van der Waals surface area contributed by atoms with E-state index in [-0.39, 0.29) is 31.3 Å². The van der Waals surface area contributed by atoms with Crippen molar-refractivity contribution in [3.05, 3.63) is 74.4 Å². The van der Waals surface area contributed by atoms with E-state index in [4.69, 9.17) is 9.47 Å². The summed E-state index contributed by atoms with van der Waals surface area (Å²) >= 11 is 1.25. The van der Waals surface area contributed by atoms with Gasteiger partial charge in [0.15, 0.2) is 5.78 Å². The zero-order valence-corrected chi connectivity index (χ0v) is 24.7. The molecular formula is C29H35FN4O5S. The fourth-order valence-corrected chi connectivity index (χ4v) is 6.15. The standard InChI is InChI=1S/C29H35FN4O5S/c1-8-39-22(20-15-19(30)10-11-21(20)38-7)16-32-27-24(18(4)26(40-27)33-13-9-12-31-33)25(36)34(28(32)37)29(5,6)23(35)14-17(2)3/h9-13,15,17,22H,8,14,16H2,1-7H3/t22-/m0/s1. The van der Waals surface area contributed by atoms with Crippen LogP contribution in [0.3, 0.4) is 0 Å². The summed E-state index contributed by atoms with van der Waals surface area (Å²) in [5.41, 5.74) is -1.53. The average molecular weight is 571 g/mol.